The van der Waals surface area contributed by atoms with Gasteiger partial charge in [-0.1, -0.05) is 0 Å². The first-order valence-corrected chi connectivity index (χ1v) is 3.57. The van der Waals surface area contributed by atoms with Crippen molar-refractivity contribution in [1.82, 2.24) is 15.0 Å². The smallest absolute Gasteiger partial charge is 0.198 e. The van der Waals surface area contributed by atoms with Crippen LogP contribution in [-0.4, -0.2) is 15.0 Å². The van der Waals surface area contributed by atoms with E-state index < -0.39 is 0 Å². The normalized spacial score (nSPS) is 15.4. The summed E-state index contributed by atoms with van der Waals surface area (Å²) in [6.45, 7) is 0. The lowest BCUT2D eigenvalue weighted by Gasteiger charge is -1.93. The number of rotatable bonds is 0. The molecule has 2 aromatic heterocycles. The van der Waals surface area contributed by atoms with Gasteiger partial charge < -0.3 is 0 Å². The standard InChI is InChI=1S/C7H4BrN3/c8-7-10-4-5-2-1-3-9-6(5)11-7/h1-4H/i1D,2D,3D,4D. The molecule has 0 N–H and O–H groups in total. The summed E-state index contributed by atoms with van der Waals surface area (Å²) in [5, 5.41) is 0.0965. The van der Waals surface area contributed by atoms with Gasteiger partial charge in [0.05, 0.1) is 5.48 Å². The van der Waals surface area contributed by atoms with E-state index in [0.29, 0.717) is 0 Å². The highest BCUT2D eigenvalue weighted by Gasteiger charge is 1.94. The molecule has 0 aliphatic rings. The second-order valence-corrected chi connectivity index (χ2v) is 2.49. The van der Waals surface area contributed by atoms with Crippen LogP contribution >= 0.6 is 15.9 Å². The molecule has 0 saturated heterocycles. The number of halogens is 1. The van der Waals surface area contributed by atoms with E-state index in [2.05, 4.69) is 30.9 Å². The number of aromatic nitrogens is 3. The third kappa shape index (κ3) is 1.21. The molecule has 11 heavy (non-hydrogen) atoms. The van der Waals surface area contributed by atoms with Crippen LogP contribution in [0.4, 0.5) is 0 Å². The fourth-order valence-electron chi connectivity index (χ4n) is 0.656. The molecule has 2 heterocycles. The molecule has 2 rings (SSSR count). The van der Waals surface area contributed by atoms with Gasteiger partial charge in [0.1, 0.15) is 0 Å². The van der Waals surface area contributed by atoms with Crippen LogP contribution in [0.15, 0.2) is 29.2 Å². The molecule has 0 spiro atoms. The van der Waals surface area contributed by atoms with Gasteiger partial charge in [-0.3, -0.25) is 0 Å². The Hall–Kier alpha value is -1.03. The van der Waals surface area contributed by atoms with Crippen LogP contribution in [0.3, 0.4) is 0 Å². The zero-order valence-electron chi connectivity index (χ0n) is 9.22. The van der Waals surface area contributed by atoms with E-state index in [0.717, 1.165) is 0 Å². The van der Waals surface area contributed by atoms with Crippen molar-refractivity contribution in [3.8, 4) is 0 Å². The summed E-state index contributed by atoms with van der Waals surface area (Å²) in [4.78, 5) is 11.3. The van der Waals surface area contributed by atoms with Crippen LogP contribution in [0.2, 0.25) is 0 Å². The summed E-state index contributed by atoms with van der Waals surface area (Å²) in [7, 11) is 0. The van der Waals surface area contributed by atoms with Crippen LogP contribution in [0.1, 0.15) is 5.48 Å². The maximum absolute atomic E-state index is 7.58. The molecule has 0 bridgehead atoms. The van der Waals surface area contributed by atoms with Crippen molar-refractivity contribution >= 4 is 27.0 Å². The monoisotopic (exact) mass is 213 g/mol. The fraction of sp³-hybridized carbons (Fsp3) is 0. The van der Waals surface area contributed by atoms with Crippen LogP contribution in [0.5, 0.6) is 0 Å². The van der Waals surface area contributed by atoms with Crippen molar-refractivity contribution in [1.29, 1.82) is 0 Å². The molecule has 0 unspecified atom stereocenters. The Balaban J connectivity index is 2.99. The summed E-state index contributed by atoms with van der Waals surface area (Å²) in [6.07, 6.45) is -0.490. The van der Waals surface area contributed by atoms with Gasteiger partial charge >= 0.3 is 0 Å². The van der Waals surface area contributed by atoms with E-state index in [9.17, 15) is 0 Å². The van der Waals surface area contributed by atoms with Crippen molar-refractivity contribution in [3.63, 3.8) is 0 Å². The number of nitrogens with zero attached hydrogens (tertiary/aromatic N) is 3. The summed E-state index contributed by atoms with van der Waals surface area (Å²) < 4.78 is 30.0. The first-order valence-electron chi connectivity index (χ1n) is 4.78. The van der Waals surface area contributed by atoms with Crippen molar-refractivity contribution in [2.24, 2.45) is 0 Å². The lowest BCUT2D eigenvalue weighted by molar-refractivity contribution is 1.13. The molecule has 3 nitrogen and oxygen atoms in total. The SMILES string of the molecule is [2H]c1nc2nc(Br)nc([2H])c2c([2H])c1[2H]. The van der Waals surface area contributed by atoms with E-state index in [1.807, 2.05) is 0 Å². The van der Waals surface area contributed by atoms with Gasteiger partial charge in [0.2, 0.25) is 0 Å². The highest BCUT2D eigenvalue weighted by molar-refractivity contribution is 9.10. The summed E-state index contributed by atoms with van der Waals surface area (Å²) in [5.74, 6) is 0. The second-order valence-electron chi connectivity index (χ2n) is 1.78. The van der Waals surface area contributed by atoms with Crippen LogP contribution in [0.25, 0.3) is 11.0 Å². The quantitative estimate of drug-likeness (QED) is 0.627. The average molecular weight is 214 g/mol. The Morgan fingerprint density at radius 1 is 1.45 bits per heavy atom. The van der Waals surface area contributed by atoms with Crippen LogP contribution in [0, 0.1) is 0 Å². The Bertz CT molecular complexity index is 560. The van der Waals surface area contributed by atoms with E-state index in [1.165, 1.54) is 0 Å². The molecular weight excluding hydrogens is 206 g/mol. The first kappa shape index (κ1) is 3.58. The van der Waals surface area contributed by atoms with Gasteiger partial charge in [0.15, 0.2) is 10.4 Å². The Labute approximate surface area is 77.3 Å². The van der Waals surface area contributed by atoms with E-state index >= 15 is 0 Å². The van der Waals surface area contributed by atoms with E-state index in [4.69, 9.17) is 5.48 Å². The van der Waals surface area contributed by atoms with E-state index in [1.54, 1.807) is 0 Å². The second kappa shape index (κ2) is 2.54. The molecule has 0 atom stereocenters. The number of pyridine rings is 1. The highest BCUT2D eigenvalue weighted by Crippen LogP contribution is 2.08. The lowest BCUT2D eigenvalue weighted by Crippen LogP contribution is -1.85. The Morgan fingerprint density at radius 3 is 3.27 bits per heavy atom. The molecular formula is C7H4BrN3. The van der Waals surface area contributed by atoms with Gasteiger partial charge in [-0.15, -0.1) is 0 Å². The molecule has 4 heteroatoms. The van der Waals surface area contributed by atoms with Crippen molar-refractivity contribution in [3.05, 3.63) is 29.2 Å². The summed E-state index contributed by atoms with van der Waals surface area (Å²) in [5.41, 5.74) is 0.0906. The third-order valence-corrected chi connectivity index (χ3v) is 1.44. The topological polar surface area (TPSA) is 38.7 Å². The van der Waals surface area contributed by atoms with Crippen molar-refractivity contribution in [2.45, 2.75) is 0 Å². The minimum atomic E-state index is -0.322. The van der Waals surface area contributed by atoms with Gasteiger partial charge in [-0.05, 0) is 28.0 Å². The molecule has 0 radical (unpaired) electrons. The Morgan fingerprint density at radius 2 is 2.36 bits per heavy atom. The van der Waals surface area contributed by atoms with Gasteiger partial charge in [-0.2, -0.15) is 0 Å². The van der Waals surface area contributed by atoms with Gasteiger partial charge in [-0.25, -0.2) is 15.0 Å². The highest BCUT2D eigenvalue weighted by atomic mass is 79.9. The predicted molar refractivity (Wildman–Crippen MR) is 45.0 cm³/mol. The molecule has 0 aromatic carbocycles. The zero-order valence-corrected chi connectivity index (χ0v) is 6.81. The average Bonchev–Trinajstić information content (AvgIpc) is 2.13. The van der Waals surface area contributed by atoms with Crippen LogP contribution < -0.4 is 0 Å². The molecule has 0 amide bonds. The van der Waals surface area contributed by atoms with Crippen molar-refractivity contribution in [2.75, 3.05) is 0 Å². The number of hydrogen-bond donors (Lipinski definition) is 0. The molecule has 0 aliphatic heterocycles. The van der Waals surface area contributed by atoms with Crippen molar-refractivity contribution < 1.29 is 5.48 Å². The van der Waals surface area contributed by atoms with Gasteiger partial charge in [0.25, 0.3) is 0 Å². The third-order valence-electron chi connectivity index (χ3n) is 1.09. The summed E-state index contributed by atoms with van der Waals surface area (Å²) >= 11 is 3.00. The maximum Gasteiger partial charge on any atom is 0.198 e. The summed E-state index contributed by atoms with van der Waals surface area (Å²) in [6, 6.07) is -0.551. The number of fused-ring (bicyclic) bond motifs is 1. The Kier molecular flexibility index (Phi) is 0.827. The molecule has 0 saturated carbocycles. The minimum Gasteiger partial charge on any atom is -0.237 e. The van der Waals surface area contributed by atoms with Crippen LogP contribution in [-0.2, 0) is 0 Å². The first-order chi connectivity index (χ1) is 7.00. The van der Waals surface area contributed by atoms with Gasteiger partial charge in [0, 0.05) is 17.7 Å². The van der Waals surface area contributed by atoms with E-state index in [-0.39, 0.29) is 40.2 Å². The zero-order chi connectivity index (χ0) is 11.2. The number of hydrogen-bond acceptors (Lipinski definition) is 3. The predicted octanol–water partition coefficient (Wildman–Crippen LogP) is 1.79. The molecule has 2 aromatic rings. The molecule has 0 fully saturated rings. The largest absolute Gasteiger partial charge is 0.237 e. The molecule has 54 valence electrons. The molecule has 0 aliphatic carbocycles. The lowest BCUT2D eigenvalue weighted by atomic mass is 10.3. The minimum absolute atomic E-state index is 0.0906. The maximum atomic E-state index is 7.58. The fourth-order valence-corrected chi connectivity index (χ4v) is 0.913.